The van der Waals surface area contributed by atoms with Gasteiger partial charge in [0.2, 0.25) is 0 Å². The summed E-state index contributed by atoms with van der Waals surface area (Å²) in [6.07, 6.45) is 0.130. The summed E-state index contributed by atoms with van der Waals surface area (Å²) < 4.78 is 10.9. The number of esters is 1. The van der Waals surface area contributed by atoms with Crippen molar-refractivity contribution < 1.29 is 14.3 Å². The molecule has 3 aromatic rings. The van der Waals surface area contributed by atoms with Crippen LogP contribution in [0.25, 0.3) is 11.1 Å². The van der Waals surface area contributed by atoms with E-state index in [0.29, 0.717) is 6.61 Å². The predicted octanol–water partition coefficient (Wildman–Crippen LogP) is 5.19. The van der Waals surface area contributed by atoms with Crippen molar-refractivity contribution in [2.75, 3.05) is 6.61 Å². The number of nitrogens with zero attached hydrogens (tertiary/aromatic N) is 1. The predicted molar refractivity (Wildman–Crippen MR) is 108 cm³/mol. The maximum Gasteiger partial charge on any atom is 0.312 e. The van der Waals surface area contributed by atoms with Crippen molar-refractivity contribution in [3.8, 4) is 11.1 Å². The van der Waals surface area contributed by atoms with E-state index in [0.717, 1.165) is 21.8 Å². The lowest BCUT2D eigenvalue weighted by Gasteiger charge is -2.07. The molecule has 0 bridgehead atoms. The van der Waals surface area contributed by atoms with E-state index in [4.69, 9.17) is 9.47 Å². The van der Waals surface area contributed by atoms with Crippen molar-refractivity contribution in [3.63, 3.8) is 0 Å². The van der Waals surface area contributed by atoms with Crippen molar-refractivity contribution in [1.82, 2.24) is 4.98 Å². The molecule has 0 N–H and O–H groups in total. The molecule has 0 saturated carbocycles. The minimum atomic E-state index is -0.275. The van der Waals surface area contributed by atoms with Crippen molar-refractivity contribution in [3.05, 3.63) is 76.2 Å². The second kappa shape index (κ2) is 9.44. The van der Waals surface area contributed by atoms with Crippen LogP contribution in [-0.4, -0.2) is 17.6 Å². The third-order valence-corrected chi connectivity index (χ3v) is 5.17. The number of rotatable bonds is 8. The zero-order valence-corrected chi connectivity index (χ0v) is 16.4. The second-order valence-corrected chi connectivity index (χ2v) is 7.06. The fourth-order valence-corrected chi connectivity index (χ4v) is 3.52. The third-order valence-electron chi connectivity index (χ3n) is 4.12. The molecule has 140 valence electrons. The molecule has 1 aromatic heterocycles. The SMILES string of the molecule is CCOC(C)c1nc(CC(=O)OCc2ccc(-c3ccccc3)cc2)cs1. The van der Waals surface area contributed by atoms with Crippen molar-refractivity contribution in [2.45, 2.75) is 33.0 Å². The number of hydrogen-bond donors (Lipinski definition) is 0. The fourth-order valence-electron chi connectivity index (χ4n) is 2.70. The average Bonchev–Trinajstić information content (AvgIpc) is 3.16. The molecule has 0 amide bonds. The number of hydrogen-bond acceptors (Lipinski definition) is 5. The Kier molecular flexibility index (Phi) is 6.74. The molecular formula is C22H23NO3S. The molecule has 1 unspecified atom stereocenters. The zero-order chi connectivity index (χ0) is 19.1. The standard InChI is InChI=1S/C22H23NO3S/c1-3-25-16(2)22-23-20(15-27-22)13-21(24)26-14-17-9-11-19(12-10-17)18-7-5-4-6-8-18/h4-12,15-16H,3,13-14H2,1-2H3. The van der Waals surface area contributed by atoms with Crippen LogP contribution in [0.5, 0.6) is 0 Å². The van der Waals surface area contributed by atoms with Gasteiger partial charge in [0.25, 0.3) is 0 Å². The number of benzene rings is 2. The minimum absolute atomic E-state index is 0.0482. The molecule has 4 nitrogen and oxygen atoms in total. The molecule has 1 atom stereocenters. The lowest BCUT2D eigenvalue weighted by atomic mass is 10.0. The van der Waals surface area contributed by atoms with Gasteiger partial charge in [0.15, 0.2) is 0 Å². The highest BCUT2D eigenvalue weighted by molar-refractivity contribution is 7.09. The summed E-state index contributed by atoms with van der Waals surface area (Å²) in [5.41, 5.74) is 4.00. The molecule has 27 heavy (non-hydrogen) atoms. The third kappa shape index (κ3) is 5.49. The van der Waals surface area contributed by atoms with Gasteiger partial charge in [0, 0.05) is 12.0 Å². The molecular weight excluding hydrogens is 358 g/mol. The monoisotopic (exact) mass is 381 g/mol. The molecule has 0 aliphatic heterocycles. The summed E-state index contributed by atoms with van der Waals surface area (Å²) >= 11 is 1.51. The molecule has 0 fully saturated rings. The topological polar surface area (TPSA) is 48.4 Å². The Morgan fingerprint density at radius 1 is 1.07 bits per heavy atom. The van der Waals surface area contributed by atoms with Crippen molar-refractivity contribution in [2.24, 2.45) is 0 Å². The van der Waals surface area contributed by atoms with E-state index in [9.17, 15) is 4.79 Å². The molecule has 0 aliphatic carbocycles. The fraction of sp³-hybridized carbons (Fsp3) is 0.273. The van der Waals surface area contributed by atoms with Gasteiger partial charge in [0.05, 0.1) is 12.1 Å². The Balaban J connectivity index is 1.50. The summed E-state index contributed by atoms with van der Waals surface area (Å²) in [7, 11) is 0. The minimum Gasteiger partial charge on any atom is -0.461 e. The number of aromatic nitrogens is 1. The van der Waals surface area contributed by atoms with Crippen molar-refractivity contribution >= 4 is 17.3 Å². The van der Waals surface area contributed by atoms with Crippen LogP contribution in [-0.2, 0) is 27.3 Å². The van der Waals surface area contributed by atoms with Crippen LogP contribution < -0.4 is 0 Å². The summed E-state index contributed by atoms with van der Waals surface area (Å²) in [5.74, 6) is -0.275. The van der Waals surface area contributed by atoms with Gasteiger partial charge in [0.1, 0.15) is 17.7 Å². The van der Waals surface area contributed by atoms with Crippen molar-refractivity contribution in [1.29, 1.82) is 0 Å². The van der Waals surface area contributed by atoms with Crippen LogP contribution in [0.1, 0.15) is 36.2 Å². The highest BCUT2D eigenvalue weighted by atomic mass is 32.1. The molecule has 5 heteroatoms. The zero-order valence-electron chi connectivity index (χ0n) is 15.6. The van der Waals surface area contributed by atoms with Gasteiger partial charge in [-0.05, 0) is 30.5 Å². The van der Waals surface area contributed by atoms with E-state index in [2.05, 4.69) is 17.1 Å². The highest BCUT2D eigenvalue weighted by Crippen LogP contribution is 2.22. The Morgan fingerprint density at radius 2 is 1.78 bits per heavy atom. The summed E-state index contributed by atoms with van der Waals surface area (Å²) in [4.78, 5) is 16.6. The Bertz CT molecular complexity index is 859. The van der Waals surface area contributed by atoms with Crippen LogP contribution in [0.4, 0.5) is 0 Å². The maximum absolute atomic E-state index is 12.1. The average molecular weight is 381 g/mol. The smallest absolute Gasteiger partial charge is 0.312 e. The molecule has 0 aliphatic rings. The van der Waals surface area contributed by atoms with Gasteiger partial charge >= 0.3 is 5.97 Å². The lowest BCUT2D eigenvalue weighted by Crippen LogP contribution is -2.08. The molecule has 0 saturated heterocycles. The molecule has 3 rings (SSSR count). The van der Waals surface area contributed by atoms with Crippen LogP contribution in [0, 0.1) is 0 Å². The Labute approximate surface area is 163 Å². The maximum atomic E-state index is 12.1. The van der Waals surface area contributed by atoms with Crippen LogP contribution in [0.15, 0.2) is 60.0 Å². The van der Waals surface area contributed by atoms with Gasteiger partial charge in [-0.2, -0.15) is 0 Å². The first-order chi connectivity index (χ1) is 13.2. The van der Waals surface area contributed by atoms with E-state index in [-0.39, 0.29) is 25.1 Å². The van der Waals surface area contributed by atoms with E-state index in [1.54, 1.807) is 0 Å². The highest BCUT2D eigenvalue weighted by Gasteiger charge is 2.13. The van der Waals surface area contributed by atoms with E-state index >= 15 is 0 Å². The molecule has 2 aromatic carbocycles. The lowest BCUT2D eigenvalue weighted by molar-refractivity contribution is -0.144. The first kappa shape index (κ1) is 19.3. The number of thiazole rings is 1. The summed E-state index contributed by atoms with van der Waals surface area (Å²) in [6, 6.07) is 18.2. The van der Waals surface area contributed by atoms with Gasteiger partial charge in [-0.3, -0.25) is 4.79 Å². The summed E-state index contributed by atoms with van der Waals surface area (Å²) in [5, 5.41) is 2.77. The second-order valence-electron chi connectivity index (χ2n) is 6.18. The molecule has 1 heterocycles. The first-order valence-corrected chi connectivity index (χ1v) is 9.89. The number of ether oxygens (including phenoxy) is 2. The van der Waals surface area contributed by atoms with Crippen LogP contribution in [0.2, 0.25) is 0 Å². The van der Waals surface area contributed by atoms with Crippen LogP contribution in [0.3, 0.4) is 0 Å². The molecule has 0 radical (unpaired) electrons. The Morgan fingerprint density at radius 3 is 2.48 bits per heavy atom. The number of carbonyl (C=O) groups excluding carboxylic acids is 1. The largest absolute Gasteiger partial charge is 0.461 e. The van der Waals surface area contributed by atoms with Gasteiger partial charge in [-0.25, -0.2) is 4.98 Å². The molecule has 0 spiro atoms. The normalized spacial score (nSPS) is 11.9. The number of carbonyl (C=O) groups is 1. The quantitative estimate of drug-likeness (QED) is 0.504. The van der Waals surface area contributed by atoms with Gasteiger partial charge in [-0.15, -0.1) is 11.3 Å². The van der Waals surface area contributed by atoms with Gasteiger partial charge in [-0.1, -0.05) is 54.6 Å². The van der Waals surface area contributed by atoms with E-state index < -0.39 is 0 Å². The van der Waals surface area contributed by atoms with Gasteiger partial charge < -0.3 is 9.47 Å². The van der Waals surface area contributed by atoms with E-state index in [1.807, 2.05) is 61.7 Å². The first-order valence-electron chi connectivity index (χ1n) is 9.01. The van der Waals surface area contributed by atoms with E-state index in [1.165, 1.54) is 16.9 Å². The van der Waals surface area contributed by atoms with Crippen LogP contribution >= 0.6 is 11.3 Å². The summed E-state index contributed by atoms with van der Waals surface area (Å²) in [6.45, 7) is 4.82. The Hall–Kier alpha value is -2.50.